The number of rotatable bonds is 10. The number of likely N-dealkylation sites (N-methyl/N-ethyl adjacent to an activating group) is 1. The number of thiophene rings is 1. The topological polar surface area (TPSA) is 110 Å². The second-order valence-electron chi connectivity index (χ2n) is 10.2. The number of amides is 1. The zero-order chi connectivity index (χ0) is 30.9. The van der Waals surface area contributed by atoms with Gasteiger partial charge in [0.1, 0.15) is 41.5 Å². The Morgan fingerprint density at radius 2 is 1.79 bits per heavy atom. The van der Waals surface area contributed by atoms with E-state index in [1.165, 1.54) is 41.7 Å². The normalized spacial score (nSPS) is 13.8. The maximum Gasteiger partial charge on any atom is 0.265 e. The third-order valence-electron chi connectivity index (χ3n) is 6.33. The van der Waals surface area contributed by atoms with Crippen molar-refractivity contribution in [2.45, 2.75) is 19.6 Å². The molecular formula is C29H27ClF2N4O5S2. The molecule has 0 aliphatic carbocycles. The highest BCUT2D eigenvalue weighted by molar-refractivity contribution is 7.92. The van der Waals surface area contributed by atoms with E-state index >= 15 is 0 Å². The molecule has 5 rings (SSSR count). The van der Waals surface area contributed by atoms with Crippen molar-refractivity contribution >= 4 is 50.2 Å². The van der Waals surface area contributed by atoms with Crippen molar-refractivity contribution in [2.24, 2.45) is 0 Å². The molecule has 0 spiro atoms. The van der Waals surface area contributed by atoms with Gasteiger partial charge in [0.25, 0.3) is 5.91 Å². The fourth-order valence-corrected chi connectivity index (χ4v) is 6.22. The summed E-state index contributed by atoms with van der Waals surface area (Å²) in [4.78, 5) is 21.0. The van der Waals surface area contributed by atoms with E-state index in [1.807, 2.05) is 14.0 Å². The highest BCUT2D eigenvalue weighted by atomic mass is 35.5. The molecule has 1 amide bonds. The lowest BCUT2D eigenvalue weighted by Crippen LogP contribution is -2.51. The number of anilines is 2. The van der Waals surface area contributed by atoms with Gasteiger partial charge in [-0.3, -0.25) is 14.4 Å². The molecule has 43 heavy (non-hydrogen) atoms. The summed E-state index contributed by atoms with van der Waals surface area (Å²) in [5.74, 6) is -1.09. The Morgan fingerprint density at radius 1 is 1.09 bits per heavy atom. The Morgan fingerprint density at radius 3 is 2.47 bits per heavy atom. The smallest absolute Gasteiger partial charge is 0.265 e. The van der Waals surface area contributed by atoms with E-state index in [-0.39, 0.29) is 23.4 Å². The fraction of sp³-hybridized carbons (Fsp3) is 0.241. The number of hydrogen-bond acceptors (Lipinski definition) is 8. The molecule has 2 aromatic heterocycles. The number of likely N-dealkylation sites (tertiary alicyclic amines) is 1. The highest BCUT2D eigenvalue weighted by Crippen LogP contribution is 2.38. The minimum atomic E-state index is -3.55. The third kappa shape index (κ3) is 7.99. The van der Waals surface area contributed by atoms with Crippen LogP contribution in [0.2, 0.25) is 5.02 Å². The number of ether oxygens (including phenoxy) is 2. The predicted octanol–water partition coefficient (Wildman–Crippen LogP) is 5.95. The summed E-state index contributed by atoms with van der Waals surface area (Å²) in [6.07, 6.45) is 2.58. The lowest BCUT2D eigenvalue weighted by atomic mass is 10.1. The molecule has 2 aromatic carbocycles. The van der Waals surface area contributed by atoms with Crippen molar-refractivity contribution in [3.8, 4) is 22.8 Å². The summed E-state index contributed by atoms with van der Waals surface area (Å²) in [6, 6.07) is 10.9. The molecule has 0 unspecified atom stereocenters. The van der Waals surface area contributed by atoms with Crippen LogP contribution in [0.3, 0.4) is 0 Å². The maximum atomic E-state index is 13.8. The molecule has 1 fully saturated rings. The number of sulfonamides is 1. The van der Waals surface area contributed by atoms with E-state index < -0.39 is 27.6 Å². The number of nitrogens with one attached hydrogen (secondary N) is 2. The van der Waals surface area contributed by atoms with Crippen LogP contribution in [-0.4, -0.2) is 56.7 Å². The van der Waals surface area contributed by atoms with E-state index in [9.17, 15) is 22.0 Å². The van der Waals surface area contributed by atoms with Crippen LogP contribution < -0.4 is 19.5 Å². The van der Waals surface area contributed by atoms with E-state index in [0.29, 0.717) is 38.9 Å². The molecular weight excluding hydrogens is 622 g/mol. The average molecular weight is 649 g/mol. The Labute approximate surface area is 256 Å². The zero-order valence-electron chi connectivity index (χ0n) is 23.3. The predicted molar refractivity (Wildman–Crippen MR) is 163 cm³/mol. The first-order valence-corrected chi connectivity index (χ1v) is 16.0. The zero-order valence-corrected chi connectivity index (χ0v) is 25.7. The number of aryl methyl sites for hydroxylation is 1. The molecule has 9 nitrogen and oxygen atoms in total. The molecule has 14 heteroatoms. The number of pyridine rings is 1. The van der Waals surface area contributed by atoms with Crippen molar-refractivity contribution < 1.29 is 31.5 Å². The SMILES string of the molecule is Cc1sc(C(=O)Nc2cc(Cl)cc(NS(C)(=O)=O)c2)cc1-c1ncc(OC2CN(C)C2)cc1OCc1cc(F)cc(F)c1. The van der Waals surface area contributed by atoms with Crippen molar-refractivity contribution in [3.05, 3.63) is 86.7 Å². The quantitative estimate of drug-likeness (QED) is 0.219. The van der Waals surface area contributed by atoms with Gasteiger partial charge in [0, 0.05) is 46.4 Å². The maximum absolute atomic E-state index is 13.8. The summed E-state index contributed by atoms with van der Waals surface area (Å²) >= 11 is 7.35. The number of carbonyl (C=O) groups is 1. The minimum Gasteiger partial charge on any atom is -0.486 e. The Hall–Kier alpha value is -3.78. The Kier molecular flexibility index (Phi) is 8.88. The molecule has 226 valence electrons. The molecule has 0 saturated carbocycles. The largest absolute Gasteiger partial charge is 0.486 e. The van der Waals surface area contributed by atoms with Crippen LogP contribution in [0.1, 0.15) is 20.1 Å². The number of halogens is 3. The first kappa shape index (κ1) is 30.7. The van der Waals surface area contributed by atoms with Crippen molar-refractivity contribution in [2.75, 3.05) is 36.4 Å². The fourth-order valence-electron chi connectivity index (χ4n) is 4.52. The van der Waals surface area contributed by atoms with E-state index in [1.54, 1.807) is 18.3 Å². The van der Waals surface area contributed by atoms with Crippen molar-refractivity contribution in [3.63, 3.8) is 0 Å². The molecule has 1 aliphatic heterocycles. The lowest BCUT2D eigenvalue weighted by Gasteiger charge is -2.35. The lowest BCUT2D eigenvalue weighted by molar-refractivity contribution is 0.0384. The summed E-state index contributed by atoms with van der Waals surface area (Å²) < 4.78 is 65.2. The first-order valence-electron chi connectivity index (χ1n) is 12.9. The minimum absolute atomic E-state index is 0.000590. The summed E-state index contributed by atoms with van der Waals surface area (Å²) in [5, 5.41) is 2.97. The van der Waals surface area contributed by atoms with Crippen molar-refractivity contribution in [1.29, 1.82) is 0 Å². The van der Waals surface area contributed by atoms with E-state index in [0.717, 1.165) is 30.3 Å². The van der Waals surface area contributed by atoms with Gasteiger partial charge < -0.3 is 14.8 Å². The highest BCUT2D eigenvalue weighted by Gasteiger charge is 2.26. The molecule has 3 heterocycles. The van der Waals surface area contributed by atoms with Crippen LogP contribution in [0.25, 0.3) is 11.3 Å². The molecule has 1 aliphatic rings. The Bertz CT molecular complexity index is 1780. The summed E-state index contributed by atoms with van der Waals surface area (Å²) in [6.45, 7) is 3.22. The number of nitrogens with zero attached hydrogens (tertiary/aromatic N) is 2. The van der Waals surface area contributed by atoms with Gasteiger partial charge in [0.15, 0.2) is 0 Å². The third-order valence-corrected chi connectivity index (χ3v) is 8.21. The molecule has 0 atom stereocenters. The number of aromatic nitrogens is 1. The van der Waals surface area contributed by atoms with Gasteiger partial charge in [-0.15, -0.1) is 11.3 Å². The number of benzene rings is 2. The van der Waals surface area contributed by atoms with Gasteiger partial charge in [-0.25, -0.2) is 22.2 Å². The average Bonchev–Trinajstić information content (AvgIpc) is 3.26. The van der Waals surface area contributed by atoms with Crippen LogP contribution in [0.5, 0.6) is 11.5 Å². The first-order chi connectivity index (χ1) is 20.3. The van der Waals surface area contributed by atoms with E-state index in [2.05, 4.69) is 19.9 Å². The van der Waals surface area contributed by atoms with Gasteiger partial charge >= 0.3 is 0 Å². The van der Waals surface area contributed by atoms with Gasteiger partial charge in [0.05, 0.1) is 23.0 Å². The van der Waals surface area contributed by atoms with Crippen LogP contribution in [-0.2, 0) is 16.6 Å². The molecule has 2 N–H and O–H groups in total. The second-order valence-corrected chi connectivity index (χ2v) is 13.6. The van der Waals surface area contributed by atoms with Gasteiger partial charge in [-0.05, 0) is 55.9 Å². The summed E-state index contributed by atoms with van der Waals surface area (Å²) in [5.41, 5.74) is 1.84. The van der Waals surface area contributed by atoms with Crippen LogP contribution >= 0.6 is 22.9 Å². The monoisotopic (exact) mass is 648 g/mol. The second kappa shape index (κ2) is 12.4. The van der Waals surface area contributed by atoms with Gasteiger partial charge in [-0.2, -0.15) is 0 Å². The van der Waals surface area contributed by atoms with E-state index in [4.69, 9.17) is 21.1 Å². The van der Waals surface area contributed by atoms with Crippen LogP contribution in [0.15, 0.2) is 54.7 Å². The molecule has 0 radical (unpaired) electrons. The van der Waals surface area contributed by atoms with Crippen LogP contribution in [0, 0.1) is 18.6 Å². The molecule has 4 aromatic rings. The van der Waals surface area contributed by atoms with Gasteiger partial charge in [0.2, 0.25) is 10.0 Å². The van der Waals surface area contributed by atoms with Crippen LogP contribution in [0.4, 0.5) is 20.2 Å². The Balaban J connectivity index is 1.41. The van der Waals surface area contributed by atoms with Gasteiger partial charge in [-0.1, -0.05) is 11.6 Å². The standard InChI is InChI=1S/C29H27ClF2N4O5S2/c1-16-25(11-27(42-16)29(37)34-21-6-18(30)7-22(9-21)35-43(3,38)39)28-26(40-15-17-4-19(31)8-20(32)5-17)10-23(12-33-28)41-24-13-36(2)14-24/h4-12,24,35H,13-15H2,1-3H3,(H,34,37). The molecule has 1 saturated heterocycles. The van der Waals surface area contributed by atoms with Crippen molar-refractivity contribution in [1.82, 2.24) is 9.88 Å². The number of hydrogen-bond donors (Lipinski definition) is 2. The number of carbonyl (C=O) groups excluding carboxylic acids is 1. The molecule has 0 bridgehead atoms. The summed E-state index contributed by atoms with van der Waals surface area (Å²) in [7, 11) is -1.57.